The minimum atomic E-state index is -0.272. The Balaban J connectivity index is 1.51. The fourth-order valence-electron chi connectivity index (χ4n) is 2.97. The van der Waals surface area contributed by atoms with E-state index >= 15 is 0 Å². The molecule has 2 N–H and O–H groups in total. The minimum absolute atomic E-state index is 0.272. The molecule has 0 bridgehead atoms. The summed E-state index contributed by atoms with van der Waals surface area (Å²) in [6.45, 7) is 2.79. The van der Waals surface area contributed by atoms with Crippen molar-refractivity contribution in [3.63, 3.8) is 0 Å². The molecule has 0 aliphatic carbocycles. The van der Waals surface area contributed by atoms with Gasteiger partial charge in [0.05, 0.1) is 11.4 Å². The molecule has 1 aliphatic heterocycles. The number of benzene rings is 1. The van der Waals surface area contributed by atoms with Gasteiger partial charge in [-0.25, -0.2) is 4.98 Å². The lowest BCUT2D eigenvalue weighted by molar-refractivity contribution is 0.102. The Morgan fingerprint density at radius 1 is 1.21 bits per heavy atom. The average Bonchev–Trinajstić information content (AvgIpc) is 3.21. The van der Waals surface area contributed by atoms with E-state index in [0.717, 1.165) is 35.7 Å². The summed E-state index contributed by atoms with van der Waals surface area (Å²) in [5.41, 5.74) is 3.63. The highest BCUT2D eigenvalue weighted by Gasteiger charge is 2.15. The van der Waals surface area contributed by atoms with Crippen LogP contribution in [0.5, 0.6) is 0 Å². The van der Waals surface area contributed by atoms with Crippen LogP contribution in [-0.2, 0) is 13.0 Å². The molecule has 0 spiro atoms. The van der Waals surface area contributed by atoms with Gasteiger partial charge in [0.2, 0.25) is 0 Å². The van der Waals surface area contributed by atoms with Crippen molar-refractivity contribution in [3.8, 4) is 11.3 Å². The van der Waals surface area contributed by atoms with Crippen LogP contribution in [-0.4, -0.2) is 30.9 Å². The van der Waals surface area contributed by atoms with E-state index in [1.165, 1.54) is 12.8 Å². The van der Waals surface area contributed by atoms with Crippen molar-refractivity contribution in [1.29, 1.82) is 0 Å². The summed E-state index contributed by atoms with van der Waals surface area (Å²) in [5.74, 6) is 0.890. The van der Waals surface area contributed by atoms with Gasteiger partial charge < -0.3 is 9.88 Å². The third-order valence-corrected chi connectivity index (χ3v) is 4.28. The molecule has 24 heavy (non-hydrogen) atoms. The van der Waals surface area contributed by atoms with Gasteiger partial charge >= 0.3 is 0 Å². The van der Waals surface area contributed by atoms with Crippen molar-refractivity contribution >= 4 is 11.6 Å². The number of aryl methyl sites for hydroxylation is 3. The number of aromatic nitrogens is 5. The van der Waals surface area contributed by atoms with Crippen LogP contribution in [0.2, 0.25) is 0 Å². The Kier molecular flexibility index (Phi) is 3.60. The molecule has 0 atom stereocenters. The molecule has 2 aromatic heterocycles. The molecule has 122 valence electrons. The maximum absolute atomic E-state index is 12.1. The minimum Gasteiger partial charge on any atom is -0.334 e. The highest BCUT2D eigenvalue weighted by atomic mass is 16.2. The number of anilines is 1. The van der Waals surface area contributed by atoms with Crippen LogP contribution >= 0.6 is 0 Å². The van der Waals surface area contributed by atoms with E-state index in [1.807, 2.05) is 24.3 Å². The molecular formula is C17H18N6O. The number of hydrogen-bond donors (Lipinski definition) is 2. The Morgan fingerprint density at radius 2 is 2.04 bits per heavy atom. The fraction of sp³-hybridized carbons (Fsp3) is 0.294. The molecule has 0 unspecified atom stereocenters. The van der Waals surface area contributed by atoms with Gasteiger partial charge in [-0.1, -0.05) is 12.1 Å². The van der Waals surface area contributed by atoms with Crippen molar-refractivity contribution in [3.05, 3.63) is 47.7 Å². The maximum Gasteiger partial charge on any atom is 0.278 e. The third kappa shape index (κ3) is 2.68. The van der Waals surface area contributed by atoms with Crippen molar-refractivity contribution in [2.45, 2.75) is 32.7 Å². The second kappa shape index (κ2) is 5.92. The van der Waals surface area contributed by atoms with E-state index in [4.69, 9.17) is 4.98 Å². The number of nitrogens with one attached hydrogen (secondary N) is 2. The molecule has 0 saturated heterocycles. The second-order valence-corrected chi connectivity index (χ2v) is 5.98. The number of carbonyl (C=O) groups excluding carboxylic acids is 1. The second-order valence-electron chi connectivity index (χ2n) is 5.98. The number of imidazole rings is 1. The largest absolute Gasteiger partial charge is 0.334 e. The molecule has 0 radical (unpaired) electrons. The van der Waals surface area contributed by atoms with E-state index in [2.05, 4.69) is 31.5 Å². The first-order valence-electron chi connectivity index (χ1n) is 8.06. The molecule has 0 fully saturated rings. The first kappa shape index (κ1) is 14.6. The fourth-order valence-corrected chi connectivity index (χ4v) is 2.97. The number of H-pyrrole nitrogens is 1. The summed E-state index contributed by atoms with van der Waals surface area (Å²) in [5, 5.41) is 13.0. The summed E-state index contributed by atoms with van der Waals surface area (Å²) >= 11 is 0. The molecule has 3 aromatic rings. The molecule has 0 saturated carbocycles. The van der Waals surface area contributed by atoms with Gasteiger partial charge in [0, 0.05) is 30.4 Å². The zero-order valence-electron chi connectivity index (χ0n) is 13.4. The number of amides is 1. The Bertz CT molecular complexity index is 853. The van der Waals surface area contributed by atoms with Gasteiger partial charge in [-0.3, -0.25) is 4.79 Å². The zero-order chi connectivity index (χ0) is 16.5. The number of hydrogen-bond acceptors (Lipinski definition) is 4. The quantitative estimate of drug-likeness (QED) is 0.775. The molecule has 1 aliphatic rings. The lowest BCUT2D eigenvalue weighted by atomic mass is 10.1. The molecule has 4 rings (SSSR count). The van der Waals surface area contributed by atoms with Crippen molar-refractivity contribution in [2.24, 2.45) is 0 Å². The van der Waals surface area contributed by atoms with Crippen LogP contribution in [0.25, 0.3) is 11.3 Å². The molecule has 7 nitrogen and oxygen atoms in total. The van der Waals surface area contributed by atoms with Crippen molar-refractivity contribution < 1.29 is 4.79 Å². The van der Waals surface area contributed by atoms with E-state index in [1.54, 1.807) is 6.92 Å². The molecule has 1 aromatic carbocycles. The van der Waals surface area contributed by atoms with E-state index in [9.17, 15) is 4.79 Å². The normalized spacial score (nSPS) is 13.5. The topological polar surface area (TPSA) is 88.5 Å². The first-order chi connectivity index (χ1) is 11.7. The predicted molar refractivity (Wildman–Crippen MR) is 89.7 cm³/mol. The van der Waals surface area contributed by atoms with Crippen LogP contribution in [0.3, 0.4) is 0 Å². The van der Waals surface area contributed by atoms with Gasteiger partial charge in [-0.15, -0.1) is 0 Å². The highest BCUT2D eigenvalue weighted by Crippen LogP contribution is 2.24. The van der Waals surface area contributed by atoms with E-state index in [-0.39, 0.29) is 5.91 Å². The Labute approximate surface area is 139 Å². The van der Waals surface area contributed by atoms with Gasteiger partial charge in [0.25, 0.3) is 5.91 Å². The van der Waals surface area contributed by atoms with Crippen LogP contribution in [0.15, 0.2) is 30.5 Å². The summed E-state index contributed by atoms with van der Waals surface area (Å²) in [4.78, 5) is 16.9. The average molecular weight is 322 g/mol. The third-order valence-electron chi connectivity index (χ3n) is 4.28. The van der Waals surface area contributed by atoms with Crippen LogP contribution in [0.4, 0.5) is 5.69 Å². The highest BCUT2D eigenvalue weighted by molar-refractivity contribution is 6.03. The summed E-state index contributed by atoms with van der Waals surface area (Å²) < 4.78 is 2.24. The van der Waals surface area contributed by atoms with Crippen LogP contribution < -0.4 is 5.32 Å². The van der Waals surface area contributed by atoms with Gasteiger partial charge in [0.15, 0.2) is 5.69 Å². The van der Waals surface area contributed by atoms with E-state index in [0.29, 0.717) is 11.4 Å². The molecule has 1 amide bonds. The molecular weight excluding hydrogens is 304 g/mol. The number of rotatable bonds is 3. The number of carbonyl (C=O) groups is 1. The van der Waals surface area contributed by atoms with Crippen molar-refractivity contribution in [2.75, 3.05) is 5.32 Å². The summed E-state index contributed by atoms with van der Waals surface area (Å²) in [6, 6.07) is 7.70. The lowest BCUT2D eigenvalue weighted by Crippen LogP contribution is -2.13. The molecule has 7 heteroatoms. The van der Waals surface area contributed by atoms with Gasteiger partial charge in [-0.05, 0) is 31.9 Å². The molecule has 3 heterocycles. The smallest absolute Gasteiger partial charge is 0.278 e. The van der Waals surface area contributed by atoms with Gasteiger partial charge in [0.1, 0.15) is 5.82 Å². The summed E-state index contributed by atoms with van der Waals surface area (Å²) in [7, 11) is 0. The number of nitrogens with zero attached hydrogens (tertiary/aromatic N) is 4. The van der Waals surface area contributed by atoms with Crippen molar-refractivity contribution in [1.82, 2.24) is 25.0 Å². The van der Waals surface area contributed by atoms with E-state index < -0.39 is 0 Å². The Hall–Kier alpha value is -2.96. The predicted octanol–water partition coefficient (Wildman–Crippen LogP) is 2.57. The Morgan fingerprint density at radius 3 is 2.75 bits per heavy atom. The maximum atomic E-state index is 12.1. The lowest BCUT2D eigenvalue weighted by Gasteiger charge is -2.11. The SMILES string of the molecule is Cc1n[nH]nc1C(=O)Nc1ccc(-c2cn3c(n2)CCCC3)cc1. The summed E-state index contributed by atoms with van der Waals surface area (Å²) in [6.07, 6.45) is 5.59. The first-order valence-corrected chi connectivity index (χ1v) is 8.06. The number of aromatic amines is 1. The van der Waals surface area contributed by atoms with Crippen LogP contribution in [0.1, 0.15) is 34.8 Å². The standard InChI is InChI=1S/C17H18N6O/c1-11-16(21-22-20-11)17(24)18-13-7-5-12(6-8-13)14-10-23-9-3-2-4-15(23)19-14/h5-8,10H,2-4,9H2,1H3,(H,18,24)(H,20,21,22). The zero-order valence-corrected chi connectivity index (χ0v) is 13.4. The van der Waals surface area contributed by atoms with Crippen LogP contribution in [0, 0.1) is 6.92 Å². The monoisotopic (exact) mass is 322 g/mol. The van der Waals surface area contributed by atoms with Gasteiger partial charge in [-0.2, -0.15) is 15.4 Å². The number of fused-ring (bicyclic) bond motifs is 1.